The zero-order valence-electron chi connectivity index (χ0n) is 18.1. The van der Waals surface area contributed by atoms with Crippen molar-refractivity contribution in [2.45, 2.75) is 29.9 Å². The first-order chi connectivity index (χ1) is 16.0. The van der Waals surface area contributed by atoms with Crippen LogP contribution in [0.15, 0.2) is 77.0 Å². The van der Waals surface area contributed by atoms with Gasteiger partial charge in [0.15, 0.2) is 5.13 Å². The summed E-state index contributed by atoms with van der Waals surface area (Å²) in [7, 11) is 0. The lowest BCUT2D eigenvalue weighted by molar-refractivity contribution is -0.117. The highest BCUT2D eigenvalue weighted by Crippen LogP contribution is 2.31. The molecule has 166 valence electrons. The Balaban J connectivity index is 1.18. The van der Waals surface area contributed by atoms with Gasteiger partial charge in [0.25, 0.3) is 0 Å². The van der Waals surface area contributed by atoms with E-state index in [2.05, 4.69) is 45.9 Å². The molecule has 5 nitrogen and oxygen atoms in total. The second kappa shape index (κ2) is 9.37. The minimum absolute atomic E-state index is 0.0921. The van der Waals surface area contributed by atoms with Gasteiger partial charge in [0.2, 0.25) is 11.8 Å². The maximum Gasteiger partial charge on any atom is 0.239 e. The molecule has 1 aliphatic rings. The zero-order valence-corrected chi connectivity index (χ0v) is 19.7. The minimum atomic E-state index is -0.287. The number of rotatable bonds is 7. The Morgan fingerprint density at radius 3 is 2.52 bits per heavy atom. The number of hydrogen-bond donors (Lipinski definition) is 2. The van der Waals surface area contributed by atoms with Gasteiger partial charge in [0.1, 0.15) is 0 Å². The maximum absolute atomic E-state index is 12.7. The smallest absolute Gasteiger partial charge is 0.239 e. The number of anilines is 2. The van der Waals surface area contributed by atoms with Crippen LogP contribution < -0.4 is 10.6 Å². The molecule has 33 heavy (non-hydrogen) atoms. The van der Waals surface area contributed by atoms with Crippen LogP contribution in [0.1, 0.15) is 19.8 Å². The van der Waals surface area contributed by atoms with Gasteiger partial charge in [0, 0.05) is 27.4 Å². The highest BCUT2D eigenvalue weighted by Gasteiger charge is 2.29. The first kappa shape index (κ1) is 21.7. The fourth-order valence-corrected chi connectivity index (χ4v) is 5.07. The lowest BCUT2D eigenvalue weighted by atomic mass is 10.1. The predicted molar refractivity (Wildman–Crippen MR) is 137 cm³/mol. The molecule has 1 heterocycles. The van der Waals surface area contributed by atoms with Crippen molar-refractivity contribution in [1.29, 1.82) is 0 Å². The van der Waals surface area contributed by atoms with E-state index in [4.69, 9.17) is 0 Å². The molecule has 1 atom stereocenters. The summed E-state index contributed by atoms with van der Waals surface area (Å²) >= 11 is 2.90. The van der Waals surface area contributed by atoms with E-state index in [0.717, 1.165) is 40.1 Å². The van der Waals surface area contributed by atoms with Crippen molar-refractivity contribution < 1.29 is 9.59 Å². The van der Waals surface area contributed by atoms with Gasteiger partial charge in [-0.2, -0.15) is 0 Å². The van der Waals surface area contributed by atoms with Crippen LogP contribution in [-0.4, -0.2) is 22.0 Å². The van der Waals surface area contributed by atoms with Crippen molar-refractivity contribution in [3.05, 3.63) is 72.1 Å². The van der Waals surface area contributed by atoms with E-state index in [9.17, 15) is 9.59 Å². The van der Waals surface area contributed by atoms with Gasteiger partial charge < -0.3 is 10.6 Å². The molecular formula is C26H23N3O2S2. The quantitative estimate of drug-likeness (QED) is 0.303. The summed E-state index contributed by atoms with van der Waals surface area (Å²) in [5.74, 6) is 0.176. The van der Waals surface area contributed by atoms with Gasteiger partial charge >= 0.3 is 0 Å². The average molecular weight is 474 g/mol. The van der Waals surface area contributed by atoms with Gasteiger partial charge in [-0.3, -0.25) is 9.59 Å². The SMILES string of the molecule is CC(Sc1ccc(NC(=O)C2CC2)cc1)C(=O)Nc1nc(-c2ccc3ccccc3c2)cs1. The highest BCUT2D eigenvalue weighted by atomic mass is 32.2. The van der Waals surface area contributed by atoms with Gasteiger partial charge in [0.05, 0.1) is 10.9 Å². The van der Waals surface area contributed by atoms with Crippen molar-refractivity contribution in [1.82, 2.24) is 4.98 Å². The van der Waals surface area contributed by atoms with Gasteiger partial charge in [-0.05, 0) is 60.9 Å². The van der Waals surface area contributed by atoms with E-state index in [0.29, 0.717) is 5.13 Å². The largest absolute Gasteiger partial charge is 0.326 e. The van der Waals surface area contributed by atoms with Gasteiger partial charge in [-0.15, -0.1) is 23.1 Å². The number of carbonyl (C=O) groups is 2. The number of thioether (sulfide) groups is 1. The van der Waals surface area contributed by atoms with E-state index in [1.54, 1.807) is 0 Å². The summed E-state index contributed by atoms with van der Waals surface area (Å²) in [4.78, 5) is 30.2. The lowest BCUT2D eigenvalue weighted by Crippen LogP contribution is -2.22. The molecule has 0 spiro atoms. The Hall–Kier alpha value is -3.16. The predicted octanol–water partition coefficient (Wildman–Crippen LogP) is 6.43. The molecule has 7 heteroatoms. The molecule has 3 aromatic carbocycles. The number of carbonyl (C=O) groups excluding carboxylic acids is 2. The molecule has 1 unspecified atom stereocenters. The summed E-state index contributed by atoms with van der Waals surface area (Å²) in [5.41, 5.74) is 2.67. The van der Waals surface area contributed by atoms with Crippen molar-refractivity contribution in [3.8, 4) is 11.3 Å². The molecule has 1 aromatic heterocycles. The summed E-state index contributed by atoms with van der Waals surface area (Å²) in [6.45, 7) is 1.88. The minimum Gasteiger partial charge on any atom is -0.326 e. The molecular weight excluding hydrogens is 450 g/mol. The standard InChI is InChI=1S/C26H23N3O2S2/c1-16(33-22-12-10-21(11-13-22)27-25(31)18-7-8-18)24(30)29-26-28-23(15-32-26)20-9-6-17-4-2-3-5-19(17)14-20/h2-6,9-16,18H,7-8H2,1H3,(H,27,31)(H,28,29,30). The summed E-state index contributed by atoms with van der Waals surface area (Å²) < 4.78 is 0. The third-order valence-corrected chi connectivity index (χ3v) is 7.40. The Bertz CT molecular complexity index is 1310. The number of aromatic nitrogens is 1. The third kappa shape index (κ3) is 5.26. The molecule has 1 fully saturated rings. The molecule has 2 N–H and O–H groups in total. The van der Waals surface area contributed by atoms with Crippen LogP contribution >= 0.6 is 23.1 Å². The van der Waals surface area contributed by atoms with E-state index < -0.39 is 0 Å². The van der Waals surface area contributed by atoms with Crippen LogP contribution in [0, 0.1) is 5.92 Å². The number of thiazole rings is 1. The number of benzene rings is 3. The molecule has 1 aliphatic carbocycles. The van der Waals surface area contributed by atoms with Gasteiger partial charge in [-0.1, -0.05) is 36.4 Å². The summed E-state index contributed by atoms with van der Waals surface area (Å²) in [5, 5.41) is 10.5. The molecule has 0 bridgehead atoms. The Kier molecular flexibility index (Phi) is 6.15. The highest BCUT2D eigenvalue weighted by molar-refractivity contribution is 8.00. The Labute approximate surface area is 200 Å². The Morgan fingerprint density at radius 2 is 1.76 bits per heavy atom. The van der Waals surface area contributed by atoms with E-state index >= 15 is 0 Å². The van der Waals surface area contributed by atoms with Crippen LogP contribution in [0.25, 0.3) is 22.0 Å². The number of hydrogen-bond acceptors (Lipinski definition) is 5. The molecule has 4 aromatic rings. The van der Waals surface area contributed by atoms with E-state index in [-0.39, 0.29) is 23.0 Å². The monoisotopic (exact) mass is 473 g/mol. The van der Waals surface area contributed by atoms with Crippen molar-refractivity contribution >= 4 is 56.5 Å². The number of fused-ring (bicyclic) bond motifs is 1. The molecule has 0 aliphatic heterocycles. The fourth-order valence-electron chi connectivity index (χ4n) is 3.48. The molecule has 1 saturated carbocycles. The number of nitrogens with one attached hydrogen (secondary N) is 2. The van der Waals surface area contributed by atoms with Gasteiger partial charge in [-0.25, -0.2) is 4.98 Å². The lowest BCUT2D eigenvalue weighted by Gasteiger charge is -2.11. The van der Waals surface area contributed by atoms with Crippen LogP contribution in [0.3, 0.4) is 0 Å². The number of amides is 2. The summed E-state index contributed by atoms with van der Waals surface area (Å²) in [6, 6.07) is 22.1. The molecule has 2 amide bonds. The first-order valence-corrected chi connectivity index (χ1v) is 12.6. The second-order valence-corrected chi connectivity index (χ2v) is 10.4. The van der Waals surface area contributed by atoms with E-state index in [1.807, 2.05) is 48.7 Å². The van der Waals surface area contributed by atoms with Crippen LogP contribution in [0.2, 0.25) is 0 Å². The first-order valence-electron chi connectivity index (χ1n) is 10.9. The van der Waals surface area contributed by atoms with Crippen LogP contribution in [-0.2, 0) is 9.59 Å². The molecule has 0 radical (unpaired) electrons. The summed E-state index contributed by atoms with van der Waals surface area (Å²) in [6.07, 6.45) is 1.96. The van der Waals surface area contributed by atoms with Crippen molar-refractivity contribution in [3.63, 3.8) is 0 Å². The van der Waals surface area contributed by atoms with Crippen LogP contribution in [0.5, 0.6) is 0 Å². The average Bonchev–Trinajstić information content (AvgIpc) is 3.59. The van der Waals surface area contributed by atoms with Crippen molar-refractivity contribution in [2.24, 2.45) is 5.92 Å². The maximum atomic E-state index is 12.7. The van der Waals surface area contributed by atoms with Crippen molar-refractivity contribution in [2.75, 3.05) is 10.6 Å². The molecule has 5 rings (SSSR count). The van der Waals surface area contributed by atoms with E-state index in [1.165, 1.54) is 28.5 Å². The second-order valence-electron chi connectivity index (χ2n) is 8.14. The topological polar surface area (TPSA) is 71.1 Å². The fraction of sp³-hybridized carbons (Fsp3) is 0.192. The number of nitrogens with zero attached hydrogens (tertiary/aromatic N) is 1. The normalized spacial score (nSPS) is 14.1. The van der Waals surface area contributed by atoms with Crippen LogP contribution in [0.4, 0.5) is 10.8 Å². The zero-order chi connectivity index (χ0) is 22.8. The Morgan fingerprint density at radius 1 is 1.00 bits per heavy atom. The molecule has 0 saturated heterocycles. The third-order valence-electron chi connectivity index (χ3n) is 5.53.